The maximum atomic E-state index is 12.8. The number of halogens is 4. The summed E-state index contributed by atoms with van der Waals surface area (Å²) in [5, 5.41) is 14.3. The van der Waals surface area contributed by atoms with E-state index in [2.05, 4.69) is 20.8 Å². The number of aromatic nitrogens is 4. The van der Waals surface area contributed by atoms with Crippen molar-refractivity contribution in [1.29, 1.82) is 0 Å². The van der Waals surface area contributed by atoms with Crippen molar-refractivity contribution in [2.75, 3.05) is 11.1 Å². The second-order valence-electron chi connectivity index (χ2n) is 6.19. The van der Waals surface area contributed by atoms with Gasteiger partial charge in [-0.15, -0.1) is 5.10 Å². The molecule has 1 N–H and O–H groups in total. The highest BCUT2D eigenvalue weighted by molar-refractivity contribution is 7.99. The van der Waals surface area contributed by atoms with Crippen LogP contribution in [0.2, 0.25) is 5.02 Å². The van der Waals surface area contributed by atoms with E-state index in [1.807, 2.05) is 32.0 Å². The summed E-state index contributed by atoms with van der Waals surface area (Å²) >= 11 is 6.95. The summed E-state index contributed by atoms with van der Waals surface area (Å²) in [7, 11) is 0. The number of carbonyl (C=O) groups is 1. The number of rotatable bonds is 5. The Kier molecular flexibility index (Phi) is 6.13. The maximum absolute atomic E-state index is 12.8. The lowest BCUT2D eigenvalue weighted by atomic mass is 10.1. The Labute approximate surface area is 173 Å². The second kappa shape index (κ2) is 8.42. The average molecular weight is 442 g/mol. The number of thioether (sulfide) groups is 1. The first-order chi connectivity index (χ1) is 13.6. The van der Waals surface area contributed by atoms with E-state index in [4.69, 9.17) is 11.6 Å². The van der Waals surface area contributed by atoms with Gasteiger partial charge in [-0.25, -0.2) is 0 Å². The Balaban J connectivity index is 1.71. The number of amides is 1. The van der Waals surface area contributed by atoms with Crippen LogP contribution >= 0.6 is 23.4 Å². The van der Waals surface area contributed by atoms with Gasteiger partial charge in [0.1, 0.15) is 0 Å². The Morgan fingerprint density at radius 1 is 1.21 bits per heavy atom. The van der Waals surface area contributed by atoms with Crippen molar-refractivity contribution in [3.8, 4) is 5.69 Å². The van der Waals surface area contributed by atoms with Gasteiger partial charge in [0.2, 0.25) is 11.1 Å². The zero-order chi connectivity index (χ0) is 21.2. The molecular weight excluding hydrogens is 427 g/mol. The molecule has 0 fully saturated rings. The molecule has 0 aliphatic carbocycles. The molecule has 1 amide bonds. The molecule has 0 bridgehead atoms. The zero-order valence-corrected chi connectivity index (χ0v) is 16.9. The van der Waals surface area contributed by atoms with Crippen molar-refractivity contribution in [2.24, 2.45) is 0 Å². The van der Waals surface area contributed by atoms with Crippen LogP contribution in [-0.2, 0) is 11.0 Å². The number of anilines is 1. The molecule has 0 unspecified atom stereocenters. The van der Waals surface area contributed by atoms with Crippen LogP contribution in [0.4, 0.5) is 18.9 Å². The van der Waals surface area contributed by atoms with Gasteiger partial charge in [0, 0.05) is 0 Å². The van der Waals surface area contributed by atoms with E-state index in [0.29, 0.717) is 5.16 Å². The summed E-state index contributed by atoms with van der Waals surface area (Å²) in [6.45, 7) is 3.89. The minimum absolute atomic E-state index is 0.0106. The SMILES string of the molecule is Cc1ccc(-n2nnnc2SCC(=O)Nc2cc(C(F)(F)F)ccc2Cl)c(C)c1. The zero-order valence-electron chi connectivity index (χ0n) is 15.3. The first-order valence-electron chi connectivity index (χ1n) is 8.30. The maximum Gasteiger partial charge on any atom is 0.416 e. The number of carbonyl (C=O) groups excluding carboxylic acids is 1. The monoisotopic (exact) mass is 441 g/mol. The third-order valence-electron chi connectivity index (χ3n) is 3.92. The van der Waals surface area contributed by atoms with Crippen molar-refractivity contribution in [3.05, 3.63) is 58.1 Å². The van der Waals surface area contributed by atoms with Crippen LogP contribution in [0.5, 0.6) is 0 Å². The Bertz CT molecular complexity index is 1050. The third-order valence-corrected chi connectivity index (χ3v) is 5.17. The van der Waals surface area contributed by atoms with Crippen LogP contribution < -0.4 is 5.32 Å². The lowest BCUT2D eigenvalue weighted by Gasteiger charge is -2.12. The van der Waals surface area contributed by atoms with E-state index in [1.165, 1.54) is 4.68 Å². The number of aryl methyl sites for hydroxylation is 2. The summed E-state index contributed by atoms with van der Waals surface area (Å²) in [5.74, 6) is -0.649. The Morgan fingerprint density at radius 3 is 2.66 bits per heavy atom. The molecule has 29 heavy (non-hydrogen) atoms. The van der Waals surface area contributed by atoms with E-state index < -0.39 is 17.6 Å². The quantitative estimate of drug-likeness (QED) is 0.582. The normalized spacial score (nSPS) is 11.5. The fraction of sp³-hybridized carbons (Fsp3) is 0.222. The van der Waals surface area contributed by atoms with Crippen molar-refractivity contribution in [3.63, 3.8) is 0 Å². The highest BCUT2D eigenvalue weighted by Gasteiger charge is 2.31. The molecule has 0 saturated heterocycles. The number of nitrogens with one attached hydrogen (secondary N) is 1. The second-order valence-corrected chi connectivity index (χ2v) is 7.54. The van der Waals surface area contributed by atoms with Gasteiger partial charge in [-0.05, 0) is 54.1 Å². The van der Waals surface area contributed by atoms with Gasteiger partial charge in [0.25, 0.3) is 0 Å². The van der Waals surface area contributed by atoms with E-state index in [0.717, 1.165) is 46.8 Å². The van der Waals surface area contributed by atoms with Gasteiger partial charge < -0.3 is 5.32 Å². The lowest BCUT2D eigenvalue weighted by Crippen LogP contribution is -2.16. The number of hydrogen-bond acceptors (Lipinski definition) is 5. The van der Waals surface area contributed by atoms with Gasteiger partial charge in [0.15, 0.2) is 0 Å². The molecule has 6 nitrogen and oxygen atoms in total. The molecule has 3 rings (SSSR count). The molecule has 0 aliphatic rings. The smallest absolute Gasteiger partial charge is 0.324 e. The van der Waals surface area contributed by atoms with Crippen molar-refractivity contribution < 1.29 is 18.0 Å². The number of nitrogens with zero attached hydrogens (tertiary/aromatic N) is 4. The fourth-order valence-electron chi connectivity index (χ4n) is 2.58. The topological polar surface area (TPSA) is 72.7 Å². The first kappa shape index (κ1) is 21.1. The van der Waals surface area contributed by atoms with Crippen LogP contribution in [-0.4, -0.2) is 31.9 Å². The molecule has 0 aliphatic heterocycles. The number of alkyl halides is 3. The van der Waals surface area contributed by atoms with Crippen LogP contribution in [0.25, 0.3) is 5.69 Å². The predicted octanol–water partition coefficient (Wildman–Crippen LogP) is 4.68. The summed E-state index contributed by atoms with van der Waals surface area (Å²) in [6, 6.07) is 8.51. The van der Waals surface area contributed by atoms with Crippen molar-refractivity contribution >= 4 is 35.0 Å². The van der Waals surface area contributed by atoms with E-state index in [9.17, 15) is 18.0 Å². The lowest BCUT2D eigenvalue weighted by molar-refractivity contribution is -0.137. The van der Waals surface area contributed by atoms with Crippen LogP contribution in [0.15, 0.2) is 41.6 Å². The van der Waals surface area contributed by atoms with Gasteiger partial charge in [-0.1, -0.05) is 41.1 Å². The number of benzene rings is 2. The molecule has 1 heterocycles. The molecule has 152 valence electrons. The molecule has 2 aromatic carbocycles. The summed E-state index contributed by atoms with van der Waals surface area (Å²) in [4.78, 5) is 12.2. The highest BCUT2D eigenvalue weighted by atomic mass is 35.5. The van der Waals surface area contributed by atoms with E-state index in [-0.39, 0.29) is 16.5 Å². The highest BCUT2D eigenvalue weighted by Crippen LogP contribution is 2.34. The van der Waals surface area contributed by atoms with Gasteiger partial charge in [-0.3, -0.25) is 4.79 Å². The number of hydrogen-bond donors (Lipinski definition) is 1. The standard InChI is InChI=1S/C18H15ClF3N5OS/c1-10-3-6-15(11(2)7-10)27-17(24-25-26-27)29-9-16(28)23-14-8-12(18(20,21)22)4-5-13(14)19/h3-8H,9H2,1-2H3,(H,23,28). The molecular formula is C18H15ClF3N5OS. The molecule has 3 aromatic rings. The van der Waals surface area contributed by atoms with Crippen molar-refractivity contribution in [2.45, 2.75) is 25.2 Å². The summed E-state index contributed by atoms with van der Waals surface area (Å²) in [6.07, 6.45) is -4.53. The molecule has 0 saturated carbocycles. The van der Waals surface area contributed by atoms with Crippen molar-refractivity contribution in [1.82, 2.24) is 20.2 Å². The summed E-state index contributed by atoms with van der Waals surface area (Å²) < 4.78 is 40.1. The predicted molar refractivity (Wildman–Crippen MR) is 104 cm³/mol. The van der Waals surface area contributed by atoms with Crippen LogP contribution in [0.3, 0.4) is 0 Å². The van der Waals surface area contributed by atoms with E-state index in [1.54, 1.807) is 0 Å². The molecule has 0 spiro atoms. The Morgan fingerprint density at radius 2 is 1.97 bits per heavy atom. The molecule has 1 aromatic heterocycles. The molecule has 0 atom stereocenters. The number of tetrazole rings is 1. The third kappa shape index (κ3) is 5.07. The van der Waals surface area contributed by atoms with E-state index >= 15 is 0 Å². The largest absolute Gasteiger partial charge is 0.416 e. The minimum Gasteiger partial charge on any atom is -0.324 e. The van der Waals surface area contributed by atoms with Crippen LogP contribution in [0, 0.1) is 13.8 Å². The van der Waals surface area contributed by atoms with Crippen LogP contribution in [0.1, 0.15) is 16.7 Å². The van der Waals surface area contributed by atoms with Gasteiger partial charge >= 0.3 is 6.18 Å². The first-order valence-corrected chi connectivity index (χ1v) is 9.67. The average Bonchev–Trinajstić information content (AvgIpc) is 3.09. The molecule has 11 heteroatoms. The minimum atomic E-state index is -4.53. The van der Waals surface area contributed by atoms with Gasteiger partial charge in [-0.2, -0.15) is 17.9 Å². The fourth-order valence-corrected chi connectivity index (χ4v) is 3.43. The molecule has 0 radical (unpaired) electrons. The van der Waals surface area contributed by atoms with Gasteiger partial charge in [0.05, 0.1) is 27.7 Å². The summed E-state index contributed by atoms with van der Waals surface area (Å²) in [5.41, 5.74) is 1.80. The Hall–Kier alpha value is -2.59.